The van der Waals surface area contributed by atoms with Gasteiger partial charge in [-0.15, -0.1) is 0 Å². The summed E-state index contributed by atoms with van der Waals surface area (Å²) in [7, 11) is -4.37. The van der Waals surface area contributed by atoms with Crippen LogP contribution in [-0.2, 0) is 32.8 Å². The maximum absolute atomic E-state index is 15.7. The van der Waals surface area contributed by atoms with Gasteiger partial charge in [-0.1, -0.05) is 24.3 Å². The summed E-state index contributed by atoms with van der Waals surface area (Å²) >= 11 is 0. The Morgan fingerprint density at radius 1 is 0.952 bits per heavy atom. The van der Waals surface area contributed by atoms with E-state index in [1.807, 2.05) is 41.1 Å². The van der Waals surface area contributed by atoms with Crippen LogP contribution < -0.4 is 14.9 Å². The molecule has 6 heterocycles. The highest BCUT2D eigenvalue weighted by Crippen LogP contribution is 2.32. The third kappa shape index (κ3) is 8.40. The van der Waals surface area contributed by atoms with Gasteiger partial charge in [-0.3, -0.25) is 34.1 Å². The zero-order chi connectivity index (χ0) is 44.2. The van der Waals surface area contributed by atoms with Crippen LogP contribution in [0.2, 0.25) is 0 Å². The number of H-pyrrole nitrogens is 1. The van der Waals surface area contributed by atoms with Crippen LogP contribution >= 0.6 is 0 Å². The number of fused-ring (bicyclic) bond motifs is 2. The normalized spacial score (nSPS) is 20.3. The number of amides is 3. The lowest BCUT2D eigenvalue weighted by atomic mass is 9.99. The molecule has 5 aromatic rings. The Labute approximate surface area is 360 Å². The van der Waals surface area contributed by atoms with Crippen LogP contribution in [0.15, 0.2) is 73.1 Å². The number of piperazine rings is 1. The van der Waals surface area contributed by atoms with E-state index < -0.39 is 69.6 Å². The molecule has 9 rings (SSSR count). The number of anilines is 2. The fourth-order valence-electron chi connectivity index (χ4n) is 8.88. The fourth-order valence-corrected chi connectivity index (χ4v) is 10.1. The Hall–Kier alpha value is -6.15. The summed E-state index contributed by atoms with van der Waals surface area (Å²) in [6.07, 6.45) is 1.78. The number of ketones is 1. The van der Waals surface area contributed by atoms with Crippen molar-refractivity contribution in [1.29, 1.82) is 0 Å². The maximum atomic E-state index is 15.7. The van der Waals surface area contributed by atoms with E-state index in [9.17, 15) is 37.1 Å². The van der Waals surface area contributed by atoms with Gasteiger partial charge in [0.2, 0.25) is 17.6 Å². The van der Waals surface area contributed by atoms with Crippen LogP contribution in [0.25, 0.3) is 22.2 Å². The largest absolute Gasteiger partial charge is 0.391 e. The first kappa shape index (κ1) is 42.2. The standard InChI is InChI=1S/C44H43F3N8O7S/c45-29-11-12-54(23-29)63(61,62)51-36-8-7-35(46)39(40(36)47)41(58)34-21-49-42-33(34)19-27(20-48-42)26-2-4-30(5-3-26)53-15-13-52(14-16-53)24-31(56)18-25-1-6-32-28(17-25)22-55(44(32)60)37-9-10-38(57)50-43(37)59/h1-8,17,19-21,29,31,37,51,56H,9-16,18,22-24H2,(H,48,49)(H,50,57,59)/t29-,31-,37+/m1/s1. The summed E-state index contributed by atoms with van der Waals surface area (Å²) in [5.74, 6) is -4.64. The molecule has 328 valence electrons. The molecule has 0 bridgehead atoms. The topological polar surface area (TPSA) is 188 Å². The number of nitrogens with zero attached hydrogens (tertiary/aromatic N) is 5. The number of alkyl halides is 1. The highest BCUT2D eigenvalue weighted by atomic mass is 32.2. The molecule has 4 aliphatic rings. The third-order valence-corrected chi connectivity index (χ3v) is 13.7. The van der Waals surface area contributed by atoms with Gasteiger partial charge in [-0.25, -0.2) is 18.2 Å². The first-order valence-corrected chi connectivity index (χ1v) is 22.1. The summed E-state index contributed by atoms with van der Waals surface area (Å²) in [5.41, 5.74) is 3.25. The van der Waals surface area contributed by atoms with Crippen LogP contribution in [0.4, 0.5) is 24.5 Å². The van der Waals surface area contributed by atoms with Crippen molar-refractivity contribution in [3.63, 3.8) is 0 Å². The number of rotatable bonds is 12. The number of aromatic amines is 1. The van der Waals surface area contributed by atoms with E-state index in [0.29, 0.717) is 41.5 Å². The van der Waals surface area contributed by atoms with Gasteiger partial charge in [-0.05, 0) is 72.4 Å². The van der Waals surface area contributed by atoms with Crippen LogP contribution in [-0.4, -0.2) is 125 Å². The number of piperidine rings is 1. The van der Waals surface area contributed by atoms with Crippen LogP contribution in [0, 0.1) is 11.6 Å². The molecule has 4 N–H and O–H groups in total. The van der Waals surface area contributed by atoms with E-state index >= 15 is 8.78 Å². The highest BCUT2D eigenvalue weighted by molar-refractivity contribution is 7.90. The highest BCUT2D eigenvalue weighted by Gasteiger charge is 2.39. The van der Waals surface area contributed by atoms with Crippen molar-refractivity contribution in [3.05, 3.63) is 113 Å². The molecule has 63 heavy (non-hydrogen) atoms. The zero-order valence-electron chi connectivity index (χ0n) is 33.8. The molecule has 0 unspecified atom stereocenters. The maximum Gasteiger partial charge on any atom is 0.301 e. The van der Waals surface area contributed by atoms with Crippen molar-refractivity contribution in [1.82, 2.24) is 29.4 Å². The summed E-state index contributed by atoms with van der Waals surface area (Å²) in [4.78, 5) is 64.0. The van der Waals surface area contributed by atoms with Crippen molar-refractivity contribution in [2.24, 2.45) is 0 Å². The lowest BCUT2D eigenvalue weighted by Gasteiger charge is -2.37. The number of carbonyl (C=O) groups is 4. The Balaban J connectivity index is 0.809. The number of aromatic nitrogens is 2. The molecule has 4 aliphatic heterocycles. The van der Waals surface area contributed by atoms with Gasteiger partial charge in [0.05, 0.1) is 17.4 Å². The summed E-state index contributed by atoms with van der Waals surface area (Å²) in [5, 5.41) is 13.7. The van der Waals surface area contributed by atoms with Gasteiger partial charge in [0, 0.05) is 98.9 Å². The number of carbonyl (C=O) groups excluding carboxylic acids is 4. The van der Waals surface area contributed by atoms with Gasteiger partial charge in [0.15, 0.2) is 5.82 Å². The number of aliphatic hydroxyl groups excluding tert-OH is 1. The van der Waals surface area contributed by atoms with E-state index in [4.69, 9.17) is 0 Å². The number of hydrogen-bond acceptors (Lipinski definition) is 10. The molecule has 15 nitrogen and oxygen atoms in total. The lowest BCUT2D eigenvalue weighted by molar-refractivity contribution is -0.136. The Morgan fingerprint density at radius 3 is 2.46 bits per heavy atom. The van der Waals surface area contributed by atoms with Gasteiger partial charge in [-0.2, -0.15) is 12.7 Å². The molecule has 2 aromatic heterocycles. The number of imide groups is 1. The smallest absolute Gasteiger partial charge is 0.301 e. The molecule has 0 aliphatic carbocycles. The quantitative estimate of drug-likeness (QED) is 0.106. The average molecular weight is 885 g/mol. The second-order valence-corrected chi connectivity index (χ2v) is 18.0. The van der Waals surface area contributed by atoms with Crippen molar-refractivity contribution < 1.29 is 45.9 Å². The minimum Gasteiger partial charge on any atom is -0.391 e. The number of aliphatic hydroxyl groups is 1. The zero-order valence-corrected chi connectivity index (χ0v) is 34.6. The molecule has 19 heteroatoms. The first-order valence-electron chi connectivity index (χ1n) is 20.7. The molecular weight excluding hydrogens is 842 g/mol. The predicted molar refractivity (Wildman–Crippen MR) is 226 cm³/mol. The van der Waals surface area contributed by atoms with E-state index in [2.05, 4.69) is 25.1 Å². The minimum absolute atomic E-state index is 0.00612. The summed E-state index contributed by atoms with van der Waals surface area (Å²) in [6, 6.07) is 15.9. The summed E-state index contributed by atoms with van der Waals surface area (Å²) in [6.45, 7) is 3.12. The number of halogens is 3. The number of benzene rings is 3. The molecule has 0 saturated carbocycles. The van der Waals surface area contributed by atoms with Gasteiger partial charge in [0.25, 0.3) is 5.91 Å². The predicted octanol–water partition coefficient (Wildman–Crippen LogP) is 3.93. The van der Waals surface area contributed by atoms with Gasteiger partial charge in [0.1, 0.15) is 23.7 Å². The minimum atomic E-state index is -4.37. The Morgan fingerprint density at radius 2 is 1.73 bits per heavy atom. The molecule has 0 spiro atoms. The monoisotopic (exact) mass is 884 g/mol. The Bertz CT molecular complexity index is 2760. The van der Waals surface area contributed by atoms with Crippen molar-refractivity contribution in [3.8, 4) is 11.1 Å². The van der Waals surface area contributed by atoms with Crippen molar-refractivity contribution in [2.75, 3.05) is 55.4 Å². The van der Waals surface area contributed by atoms with Gasteiger partial charge < -0.3 is 19.9 Å². The summed E-state index contributed by atoms with van der Waals surface area (Å²) < 4.78 is 73.0. The molecule has 3 aromatic carbocycles. The molecule has 0 radical (unpaired) electrons. The SMILES string of the molecule is O=C1CC[C@H](N2Cc3cc(C[C@@H](O)CN4CCN(c5ccc(-c6cnc7[nH]cc(C(=O)c8c(F)ccc(NS(=O)(=O)N9CC[C@@H](F)C9)c8F)c7c6)cc5)CC4)ccc3C2=O)C(=O)N1. The van der Waals surface area contributed by atoms with Crippen LogP contribution in [0.5, 0.6) is 0 Å². The fraction of sp³-hybridized carbons (Fsp3) is 0.341. The van der Waals surface area contributed by atoms with Crippen molar-refractivity contribution >= 4 is 56.1 Å². The molecule has 3 fully saturated rings. The number of pyridine rings is 1. The molecule has 3 atom stereocenters. The van der Waals surface area contributed by atoms with E-state index in [1.54, 1.807) is 18.3 Å². The van der Waals surface area contributed by atoms with E-state index in [1.165, 1.54) is 11.1 Å². The average Bonchev–Trinajstić information content (AvgIpc) is 3.99. The second kappa shape index (κ2) is 16.9. The number of nitrogens with one attached hydrogen (secondary N) is 3. The van der Waals surface area contributed by atoms with Crippen molar-refractivity contribution in [2.45, 2.75) is 50.5 Å². The van der Waals surface area contributed by atoms with Gasteiger partial charge >= 0.3 is 10.2 Å². The first-order chi connectivity index (χ1) is 30.2. The molecule has 3 saturated heterocycles. The Kier molecular flexibility index (Phi) is 11.3. The number of β-amino-alcohol motifs (C(OH)–C–C–N with tert-alkyl or cyclic N) is 1. The molecule has 3 amide bonds. The van der Waals surface area contributed by atoms with Crippen LogP contribution in [0.3, 0.4) is 0 Å². The third-order valence-electron chi connectivity index (χ3n) is 12.2. The van der Waals surface area contributed by atoms with E-state index in [-0.39, 0.29) is 43.3 Å². The number of hydrogen-bond donors (Lipinski definition) is 4. The van der Waals surface area contributed by atoms with Crippen LogP contribution in [0.1, 0.15) is 56.7 Å². The molecular formula is C44H43F3N8O7S. The van der Waals surface area contributed by atoms with E-state index in [0.717, 1.165) is 65.0 Å². The lowest BCUT2D eigenvalue weighted by Crippen LogP contribution is -2.52. The second-order valence-electron chi connectivity index (χ2n) is 16.4.